The number of rotatable bonds is 7. The molecule has 0 bridgehead atoms. The van der Waals surface area contributed by atoms with E-state index in [1.165, 1.54) is 0 Å². The second-order valence-electron chi connectivity index (χ2n) is 5.77. The van der Waals surface area contributed by atoms with Gasteiger partial charge in [-0.15, -0.1) is 0 Å². The monoisotopic (exact) mass is 215 g/mol. The molecule has 0 aromatic rings. The minimum Gasteiger partial charge on any atom is -0.374 e. The third-order valence-electron chi connectivity index (χ3n) is 3.45. The molecule has 0 heterocycles. The van der Waals surface area contributed by atoms with Gasteiger partial charge in [-0.25, -0.2) is 0 Å². The Morgan fingerprint density at radius 2 is 1.67 bits per heavy atom. The normalized spacial score (nSPS) is 13.6. The molecule has 0 saturated carbocycles. The Hall–Kier alpha value is -0.0800. The molecule has 15 heavy (non-hydrogen) atoms. The lowest BCUT2D eigenvalue weighted by Gasteiger charge is -2.31. The van der Waals surface area contributed by atoms with Gasteiger partial charge in [-0.1, -0.05) is 20.8 Å². The first-order valence-corrected chi connectivity index (χ1v) is 6.10. The summed E-state index contributed by atoms with van der Waals surface area (Å²) in [7, 11) is 0. The molecule has 0 amide bonds. The van der Waals surface area contributed by atoms with Crippen LogP contribution in [0.4, 0.5) is 0 Å². The largest absolute Gasteiger partial charge is 0.374 e. The van der Waals surface area contributed by atoms with Crippen molar-refractivity contribution < 1.29 is 4.74 Å². The fourth-order valence-corrected chi connectivity index (χ4v) is 0.995. The summed E-state index contributed by atoms with van der Waals surface area (Å²) in [5.41, 5.74) is 0.212. The van der Waals surface area contributed by atoms with E-state index in [1.54, 1.807) is 0 Å². The molecule has 0 aromatic heterocycles. The highest BCUT2D eigenvalue weighted by molar-refractivity contribution is 4.76. The van der Waals surface area contributed by atoms with Crippen molar-refractivity contribution in [2.45, 2.75) is 66.0 Å². The summed E-state index contributed by atoms with van der Waals surface area (Å²) in [4.78, 5) is 0. The van der Waals surface area contributed by atoms with Crippen LogP contribution in [0.25, 0.3) is 0 Å². The lowest BCUT2D eigenvalue weighted by atomic mass is 9.95. The minimum absolute atomic E-state index is 0.0158. The molecular weight excluding hydrogens is 186 g/mol. The van der Waals surface area contributed by atoms with E-state index in [0.29, 0.717) is 5.92 Å². The van der Waals surface area contributed by atoms with Crippen molar-refractivity contribution in [2.24, 2.45) is 5.92 Å². The van der Waals surface area contributed by atoms with Crippen LogP contribution in [0.15, 0.2) is 0 Å². The first-order chi connectivity index (χ1) is 6.71. The maximum Gasteiger partial charge on any atom is 0.0649 e. The quantitative estimate of drug-likeness (QED) is 0.658. The summed E-state index contributed by atoms with van der Waals surface area (Å²) >= 11 is 0. The third kappa shape index (κ3) is 6.16. The van der Waals surface area contributed by atoms with Gasteiger partial charge in [0, 0.05) is 12.1 Å². The summed E-state index contributed by atoms with van der Waals surface area (Å²) in [6.07, 6.45) is 1.14. The molecule has 2 nitrogen and oxygen atoms in total. The van der Waals surface area contributed by atoms with Crippen molar-refractivity contribution in [3.63, 3.8) is 0 Å². The molecule has 2 heteroatoms. The molecule has 1 N–H and O–H groups in total. The molecule has 0 aliphatic rings. The third-order valence-corrected chi connectivity index (χ3v) is 3.45. The van der Waals surface area contributed by atoms with Crippen molar-refractivity contribution in [3.05, 3.63) is 0 Å². The summed E-state index contributed by atoms with van der Waals surface area (Å²) < 4.78 is 5.87. The Morgan fingerprint density at radius 3 is 2.07 bits per heavy atom. The lowest BCUT2D eigenvalue weighted by molar-refractivity contribution is -0.0497. The number of ether oxygens (including phenoxy) is 1. The van der Waals surface area contributed by atoms with Crippen LogP contribution in [0.3, 0.4) is 0 Å². The number of nitrogens with one attached hydrogen (secondary N) is 1. The zero-order valence-electron chi connectivity index (χ0n) is 11.6. The SMILES string of the molecule is CCC(C)(C)NCCOC(C)(C)C(C)C. The van der Waals surface area contributed by atoms with Gasteiger partial charge in [0.15, 0.2) is 0 Å². The first kappa shape index (κ1) is 14.9. The van der Waals surface area contributed by atoms with E-state index >= 15 is 0 Å². The van der Waals surface area contributed by atoms with Gasteiger partial charge in [0.25, 0.3) is 0 Å². The van der Waals surface area contributed by atoms with Crippen LogP contribution in [0.5, 0.6) is 0 Å². The van der Waals surface area contributed by atoms with E-state index in [-0.39, 0.29) is 11.1 Å². The smallest absolute Gasteiger partial charge is 0.0649 e. The van der Waals surface area contributed by atoms with Gasteiger partial charge in [-0.3, -0.25) is 0 Å². The highest BCUT2D eigenvalue weighted by atomic mass is 16.5. The molecule has 92 valence electrons. The lowest BCUT2D eigenvalue weighted by Crippen LogP contribution is -2.42. The maximum atomic E-state index is 5.87. The predicted molar refractivity (Wildman–Crippen MR) is 67.2 cm³/mol. The zero-order valence-corrected chi connectivity index (χ0v) is 11.6. The molecule has 0 fully saturated rings. The van der Waals surface area contributed by atoms with E-state index in [1.807, 2.05) is 0 Å². The molecule has 0 aliphatic carbocycles. The van der Waals surface area contributed by atoms with Crippen LogP contribution in [0.2, 0.25) is 0 Å². The van der Waals surface area contributed by atoms with Gasteiger partial charge < -0.3 is 10.1 Å². The second kappa shape index (κ2) is 5.86. The molecule has 0 radical (unpaired) electrons. The highest BCUT2D eigenvalue weighted by Crippen LogP contribution is 2.19. The van der Waals surface area contributed by atoms with Crippen LogP contribution < -0.4 is 5.32 Å². The molecular formula is C13H29NO. The summed E-state index contributed by atoms with van der Waals surface area (Å²) in [5.74, 6) is 0.552. The standard InChI is InChI=1S/C13H29NO/c1-8-12(4,5)14-9-10-15-13(6,7)11(2)3/h11,14H,8-10H2,1-7H3. The van der Waals surface area contributed by atoms with Crippen molar-refractivity contribution in [2.75, 3.05) is 13.2 Å². The Balaban J connectivity index is 3.72. The van der Waals surface area contributed by atoms with Crippen molar-refractivity contribution in [3.8, 4) is 0 Å². The Bertz CT molecular complexity index is 173. The molecule has 0 unspecified atom stereocenters. The number of hydrogen-bond donors (Lipinski definition) is 1. The first-order valence-electron chi connectivity index (χ1n) is 6.10. The highest BCUT2D eigenvalue weighted by Gasteiger charge is 2.22. The topological polar surface area (TPSA) is 21.3 Å². The van der Waals surface area contributed by atoms with Gasteiger partial charge in [0.05, 0.1) is 12.2 Å². The predicted octanol–water partition coefficient (Wildman–Crippen LogP) is 3.22. The molecule has 0 saturated heterocycles. The Labute approximate surface area is 95.8 Å². The summed E-state index contributed by atoms with van der Waals surface area (Å²) in [5, 5.41) is 3.50. The van der Waals surface area contributed by atoms with E-state index in [2.05, 4.69) is 53.8 Å². The molecule has 0 rings (SSSR count). The summed E-state index contributed by atoms with van der Waals surface area (Å²) in [6, 6.07) is 0. The maximum absolute atomic E-state index is 5.87. The fourth-order valence-electron chi connectivity index (χ4n) is 0.995. The van der Waals surface area contributed by atoms with Crippen LogP contribution in [-0.4, -0.2) is 24.3 Å². The zero-order chi connectivity index (χ0) is 12.1. The van der Waals surface area contributed by atoms with Crippen LogP contribution in [0, 0.1) is 5.92 Å². The summed E-state index contributed by atoms with van der Waals surface area (Å²) in [6.45, 7) is 17.1. The van der Waals surface area contributed by atoms with Crippen molar-refractivity contribution >= 4 is 0 Å². The number of hydrogen-bond acceptors (Lipinski definition) is 2. The van der Waals surface area contributed by atoms with Crippen molar-refractivity contribution in [1.29, 1.82) is 0 Å². The Kier molecular flexibility index (Phi) is 5.82. The van der Waals surface area contributed by atoms with E-state index < -0.39 is 0 Å². The van der Waals surface area contributed by atoms with Gasteiger partial charge >= 0.3 is 0 Å². The molecule has 0 spiro atoms. The van der Waals surface area contributed by atoms with E-state index in [9.17, 15) is 0 Å². The average Bonchev–Trinajstić information content (AvgIpc) is 2.12. The second-order valence-corrected chi connectivity index (χ2v) is 5.77. The van der Waals surface area contributed by atoms with Crippen LogP contribution in [-0.2, 0) is 4.74 Å². The molecule has 0 aliphatic heterocycles. The van der Waals surface area contributed by atoms with Gasteiger partial charge in [-0.05, 0) is 40.0 Å². The van der Waals surface area contributed by atoms with E-state index in [0.717, 1.165) is 19.6 Å². The average molecular weight is 215 g/mol. The Morgan fingerprint density at radius 1 is 1.13 bits per heavy atom. The van der Waals surface area contributed by atoms with Crippen LogP contribution >= 0.6 is 0 Å². The van der Waals surface area contributed by atoms with E-state index in [4.69, 9.17) is 4.74 Å². The minimum atomic E-state index is -0.0158. The molecule has 0 atom stereocenters. The van der Waals surface area contributed by atoms with Gasteiger partial charge in [0.2, 0.25) is 0 Å². The van der Waals surface area contributed by atoms with Gasteiger partial charge in [-0.2, -0.15) is 0 Å². The van der Waals surface area contributed by atoms with Crippen LogP contribution in [0.1, 0.15) is 54.9 Å². The fraction of sp³-hybridized carbons (Fsp3) is 1.00. The molecule has 0 aromatic carbocycles. The van der Waals surface area contributed by atoms with Gasteiger partial charge in [0.1, 0.15) is 0 Å². The van der Waals surface area contributed by atoms with Crippen molar-refractivity contribution in [1.82, 2.24) is 5.32 Å².